The zero-order valence-electron chi connectivity index (χ0n) is 25.0. The van der Waals surface area contributed by atoms with E-state index in [2.05, 4.69) is 33.8 Å². The fourth-order valence-electron chi connectivity index (χ4n) is 7.35. The summed E-state index contributed by atoms with van der Waals surface area (Å²) in [6.07, 6.45) is 11.8. The van der Waals surface area contributed by atoms with Crippen molar-refractivity contribution >= 4 is 10.4 Å². The summed E-state index contributed by atoms with van der Waals surface area (Å²) in [5.41, 5.74) is 3.38. The van der Waals surface area contributed by atoms with E-state index < -0.39 is 16.5 Å². The molecule has 1 aromatic carbocycles. The first kappa shape index (κ1) is 34.4. The number of hydrogen-bond acceptors (Lipinski definition) is 5. The molecule has 2 N–H and O–H groups in total. The van der Waals surface area contributed by atoms with E-state index in [-0.39, 0.29) is 63.7 Å². The molecule has 6 nitrogen and oxygen atoms in total. The first-order chi connectivity index (χ1) is 17.6. The largest absolute Gasteiger partial charge is 1.00 e. The molecule has 0 spiro atoms. The van der Waals surface area contributed by atoms with Gasteiger partial charge >= 0.3 is 40.0 Å². The van der Waals surface area contributed by atoms with Gasteiger partial charge in [0, 0.05) is 0 Å². The normalized spacial score (nSPS) is 26.6. The van der Waals surface area contributed by atoms with E-state index in [1.807, 2.05) is 19.9 Å². The summed E-state index contributed by atoms with van der Waals surface area (Å²) in [5, 5.41) is 21.5. The fourth-order valence-corrected chi connectivity index (χ4v) is 7.93. The SMILES string of the molecule is CC1=CC[C@H]2C(C)(C)CCC[C@]2(C)[C@H]1C[C@@H](OS(=O)(=O)O)[C@H](C)CCC/C(C)=C/Cc1cc([O-])ccc1O.[Na+]. The fraction of sp³-hybridized carbons (Fsp3) is 0.677. The molecule has 39 heavy (non-hydrogen) atoms. The number of benzene rings is 1. The van der Waals surface area contributed by atoms with Gasteiger partial charge in [-0.25, -0.2) is 4.18 Å². The van der Waals surface area contributed by atoms with E-state index in [0.717, 1.165) is 37.7 Å². The summed E-state index contributed by atoms with van der Waals surface area (Å²) in [4.78, 5) is 0. The Morgan fingerprint density at radius 2 is 1.95 bits per heavy atom. The van der Waals surface area contributed by atoms with Crippen molar-refractivity contribution in [2.75, 3.05) is 0 Å². The zero-order valence-corrected chi connectivity index (χ0v) is 27.8. The summed E-state index contributed by atoms with van der Waals surface area (Å²) in [6, 6.07) is 4.23. The quantitative estimate of drug-likeness (QED) is 0.235. The molecular weight excluding hydrogens is 523 g/mol. The van der Waals surface area contributed by atoms with E-state index in [1.165, 1.54) is 36.6 Å². The Morgan fingerprint density at radius 3 is 2.62 bits per heavy atom. The Morgan fingerprint density at radius 1 is 1.26 bits per heavy atom. The van der Waals surface area contributed by atoms with E-state index in [4.69, 9.17) is 4.18 Å². The molecule has 0 saturated heterocycles. The average Bonchev–Trinajstić information content (AvgIpc) is 2.79. The predicted octanol–water partition coefficient (Wildman–Crippen LogP) is 4.14. The topological polar surface area (TPSA) is 107 Å². The average molecular weight is 571 g/mol. The molecule has 8 heteroatoms. The number of allylic oxidation sites excluding steroid dienone is 4. The Labute approximate surface area is 258 Å². The second kappa shape index (κ2) is 13.9. The minimum Gasteiger partial charge on any atom is -0.872 e. The number of aromatic hydroxyl groups is 1. The number of fused-ring (bicyclic) bond motifs is 1. The molecular formula is C31H47NaO6S. The number of rotatable bonds is 11. The van der Waals surface area contributed by atoms with Gasteiger partial charge in [0.25, 0.3) is 0 Å². The maximum Gasteiger partial charge on any atom is 1.00 e. The van der Waals surface area contributed by atoms with Crippen molar-refractivity contribution in [2.45, 2.75) is 105 Å². The van der Waals surface area contributed by atoms with Crippen LogP contribution in [0.1, 0.15) is 98.5 Å². The molecule has 214 valence electrons. The molecule has 5 atom stereocenters. The molecule has 0 heterocycles. The summed E-state index contributed by atoms with van der Waals surface area (Å²) in [5.74, 6) is 0.688. The Kier molecular flexibility index (Phi) is 12.2. The van der Waals surface area contributed by atoms with Gasteiger partial charge in [0.15, 0.2) is 0 Å². The first-order valence-corrected chi connectivity index (χ1v) is 15.5. The van der Waals surface area contributed by atoms with Crippen LogP contribution in [0, 0.1) is 28.6 Å². The smallest absolute Gasteiger partial charge is 0.872 e. The van der Waals surface area contributed by atoms with Crippen LogP contribution in [0.2, 0.25) is 0 Å². The van der Waals surface area contributed by atoms with Gasteiger partial charge < -0.3 is 10.2 Å². The standard InChI is InChI=1S/C31H48O6S.Na/c1-21(11-13-24-19-25(32)14-15-27(24)33)9-7-10-23(3)28(37-38(34,35)36)20-26-22(2)12-16-29-30(4,5)17-8-18-31(26,29)6;/h11-12,14-15,19,23,26,28-29,32-33H,7-10,13,16-18,20H2,1-6H3,(H,34,35,36);/q;+1/p-1/b21-11+;/t23-,26+,28-,29+,31-;/m1./s1. The van der Waals surface area contributed by atoms with Crippen LogP contribution in [0.3, 0.4) is 0 Å². The van der Waals surface area contributed by atoms with Crippen molar-refractivity contribution < 1.29 is 56.9 Å². The summed E-state index contributed by atoms with van der Waals surface area (Å²) < 4.78 is 38.7. The van der Waals surface area contributed by atoms with E-state index in [9.17, 15) is 23.2 Å². The summed E-state index contributed by atoms with van der Waals surface area (Å²) in [6.45, 7) is 13.3. The minimum atomic E-state index is -4.58. The second-order valence-corrected chi connectivity index (χ2v) is 13.9. The van der Waals surface area contributed by atoms with Crippen molar-refractivity contribution in [3.05, 3.63) is 47.1 Å². The van der Waals surface area contributed by atoms with Crippen LogP contribution in [0.4, 0.5) is 0 Å². The predicted molar refractivity (Wildman–Crippen MR) is 150 cm³/mol. The third kappa shape index (κ3) is 9.08. The molecule has 2 aliphatic carbocycles. The molecule has 0 aromatic heterocycles. The molecule has 1 saturated carbocycles. The van der Waals surface area contributed by atoms with Crippen LogP contribution >= 0.6 is 0 Å². The van der Waals surface area contributed by atoms with Crippen LogP contribution in [0.15, 0.2) is 41.5 Å². The maximum absolute atomic E-state index is 11.9. The second-order valence-electron chi connectivity index (χ2n) is 12.8. The molecule has 0 radical (unpaired) electrons. The Bertz CT molecular complexity index is 1140. The molecule has 1 aromatic rings. The van der Waals surface area contributed by atoms with Crippen molar-refractivity contribution in [1.82, 2.24) is 0 Å². The molecule has 0 amide bonds. The van der Waals surface area contributed by atoms with Crippen LogP contribution in [-0.4, -0.2) is 24.2 Å². The van der Waals surface area contributed by atoms with Gasteiger partial charge in [-0.15, -0.1) is 5.75 Å². The van der Waals surface area contributed by atoms with Crippen LogP contribution in [-0.2, 0) is 21.0 Å². The number of phenolic OH excluding ortho intramolecular Hbond substituents is 1. The van der Waals surface area contributed by atoms with Crippen LogP contribution < -0.4 is 34.7 Å². The van der Waals surface area contributed by atoms with Gasteiger partial charge in [0.1, 0.15) is 5.75 Å². The third-order valence-electron chi connectivity index (χ3n) is 9.60. The molecule has 0 bridgehead atoms. The molecule has 3 rings (SSSR count). The molecule has 1 fully saturated rings. The van der Waals surface area contributed by atoms with Gasteiger partial charge in [-0.05, 0) is 105 Å². The Hall–Kier alpha value is -0.830. The molecule has 0 unspecified atom stereocenters. The van der Waals surface area contributed by atoms with E-state index in [1.54, 1.807) is 0 Å². The van der Waals surface area contributed by atoms with Crippen LogP contribution in [0.25, 0.3) is 0 Å². The van der Waals surface area contributed by atoms with E-state index in [0.29, 0.717) is 24.3 Å². The van der Waals surface area contributed by atoms with Crippen LogP contribution in [0.5, 0.6) is 11.5 Å². The van der Waals surface area contributed by atoms with Gasteiger partial charge in [-0.1, -0.05) is 69.5 Å². The summed E-state index contributed by atoms with van der Waals surface area (Å²) >= 11 is 0. The number of hydrogen-bond donors (Lipinski definition) is 2. The third-order valence-corrected chi connectivity index (χ3v) is 10.1. The number of phenols is 1. The molecule has 0 aliphatic heterocycles. The maximum atomic E-state index is 11.9. The van der Waals surface area contributed by atoms with Gasteiger partial charge in [-0.3, -0.25) is 4.55 Å². The van der Waals surface area contributed by atoms with Crippen molar-refractivity contribution in [2.24, 2.45) is 28.6 Å². The first-order valence-electron chi connectivity index (χ1n) is 14.1. The summed E-state index contributed by atoms with van der Waals surface area (Å²) in [7, 11) is -4.58. The van der Waals surface area contributed by atoms with Gasteiger partial charge in [0.2, 0.25) is 0 Å². The van der Waals surface area contributed by atoms with Crippen molar-refractivity contribution in [3.8, 4) is 11.5 Å². The van der Waals surface area contributed by atoms with Crippen molar-refractivity contribution in [1.29, 1.82) is 0 Å². The monoisotopic (exact) mass is 570 g/mol. The Balaban J connectivity index is 0.00000533. The van der Waals surface area contributed by atoms with Crippen molar-refractivity contribution in [3.63, 3.8) is 0 Å². The van der Waals surface area contributed by atoms with Gasteiger partial charge in [-0.2, -0.15) is 8.42 Å². The van der Waals surface area contributed by atoms with Gasteiger partial charge in [0.05, 0.1) is 6.10 Å². The molecule has 2 aliphatic rings. The van der Waals surface area contributed by atoms with E-state index >= 15 is 0 Å². The minimum absolute atomic E-state index is 0. The zero-order chi connectivity index (χ0) is 28.3.